The molecule has 0 amide bonds. The van der Waals surface area contributed by atoms with Crippen LogP contribution in [-0.2, 0) is 23.2 Å². The van der Waals surface area contributed by atoms with Gasteiger partial charge in [-0.3, -0.25) is 0 Å². The lowest BCUT2D eigenvalue weighted by atomic mass is 9.89. The van der Waals surface area contributed by atoms with Crippen molar-refractivity contribution >= 4 is 10.5 Å². The van der Waals surface area contributed by atoms with Crippen LogP contribution in [0, 0.1) is 0 Å². The van der Waals surface area contributed by atoms with Gasteiger partial charge in [0.1, 0.15) is 10.5 Å². The summed E-state index contributed by atoms with van der Waals surface area (Å²) >= 11 is 0. The van der Waals surface area contributed by atoms with Crippen LogP contribution in [0.4, 0.5) is 26.3 Å². The molecule has 1 nitrogen and oxygen atoms in total. The standard InChI is InChI=1S/C15H20F6OSi/c1-3-13(4-2,22-23)6-5-10-7-11(14(16,17)18)9-12(8-10)15(19,20)21/h7-9H,3-6H2,1-2,23H3. The van der Waals surface area contributed by atoms with E-state index in [1.54, 1.807) is 0 Å². The molecule has 0 aliphatic rings. The van der Waals surface area contributed by atoms with Gasteiger partial charge in [0.05, 0.1) is 16.7 Å². The first-order chi connectivity index (χ1) is 10.5. The molecule has 0 heterocycles. The third-order valence-corrected chi connectivity index (χ3v) is 5.10. The third-order valence-electron chi connectivity index (χ3n) is 4.24. The Hall–Kier alpha value is -1.02. The Morgan fingerprint density at radius 2 is 1.30 bits per heavy atom. The Labute approximate surface area is 134 Å². The minimum absolute atomic E-state index is 0.0251. The summed E-state index contributed by atoms with van der Waals surface area (Å²) in [5.74, 6) is 0. The fourth-order valence-corrected chi connectivity index (χ4v) is 3.31. The fraction of sp³-hybridized carbons (Fsp3) is 0.600. The molecule has 0 fully saturated rings. The first kappa shape index (κ1) is 20.0. The molecule has 8 heteroatoms. The monoisotopic (exact) mass is 358 g/mol. The average molecular weight is 358 g/mol. The normalized spacial score (nSPS) is 13.6. The lowest BCUT2D eigenvalue weighted by Gasteiger charge is -2.31. The Morgan fingerprint density at radius 3 is 1.61 bits per heavy atom. The van der Waals surface area contributed by atoms with Crippen molar-refractivity contribution in [1.82, 2.24) is 0 Å². The first-order valence-corrected chi connectivity index (χ1v) is 8.12. The molecule has 0 aliphatic heterocycles. The van der Waals surface area contributed by atoms with E-state index in [0.29, 0.717) is 29.7 Å². The van der Waals surface area contributed by atoms with Gasteiger partial charge in [0.2, 0.25) is 0 Å². The first-order valence-electron chi connectivity index (χ1n) is 7.31. The molecule has 1 rings (SSSR count). The largest absolute Gasteiger partial charge is 0.422 e. The minimum atomic E-state index is -4.81. The molecule has 0 unspecified atom stereocenters. The van der Waals surface area contributed by atoms with E-state index in [4.69, 9.17) is 4.43 Å². The van der Waals surface area contributed by atoms with E-state index >= 15 is 0 Å². The van der Waals surface area contributed by atoms with Crippen molar-refractivity contribution in [3.63, 3.8) is 0 Å². The summed E-state index contributed by atoms with van der Waals surface area (Å²) in [5.41, 5.74) is -2.99. The summed E-state index contributed by atoms with van der Waals surface area (Å²) in [5, 5.41) is 0. The number of hydrogen-bond acceptors (Lipinski definition) is 1. The van der Waals surface area contributed by atoms with Gasteiger partial charge in [0.15, 0.2) is 0 Å². The molecule has 0 aliphatic carbocycles. The molecule has 132 valence electrons. The zero-order valence-electron chi connectivity index (χ0n) is 13.2. The quantitative estimate of drug-likeness (QED) is 0.537. The van der Waals surface area contributed by atoms with E-state index in [9.17, 15) is 26.3 Å². The predicted octanol–water partition coefficient (Wildman–Crippen LogP) is 4.51. The minimum Gasteiger partial charge on any atom is -0.422 e. The number of hydrogen-bond donors (Lipinski definition) is 0. The number of rotatable bonds is 6. The second-order valence-electron chi connectivity index (χ2n) is 5.51. The lowest BCUT2D eigenvalue weighted by molar-refractivity contribution is -0.143. The summed E-state index contributed by atoms with van der Waals surface area (Å²) in [6.07, 6.45) is -7.79. The molecular formula is C15H20F6OSi. The second kappa shape index (κ2) is 7.25. The van der Waals surface area contributed by atoms with Gasteiger partial charge in [-0.05, 0) is 49.4 Å². The van der Waals surface area contributed by atoms with Gasteiger partial charge in [-0.25, -0.2) is 0 Å². The molecule has 23 heavy (non-hydrogen) atoms. The van der Waals surface area contributed by atoms with E-state index < -0.39 is 29.1 Å². The summed E-state index contributed by atoms with van der Waals surface area (Å²) in [6, 6.07) is 1.73. The van der Waals surface area contributed by atoms with Crippen molar-refractivity contribution in [2.24, 2.45) is 0 Å². The molecule has 1 aromatic carbocycles. The average Bonchev–Trinajstić information content (AvgIpc) is 2.47. The van der Waals surface area contributed by atoms with Crippen LogP contribution >= 0.6 is 0 Å². The highest BCUT2D eigenvalue weighted by Crippen LogP contribution is 2.37. The third kappa shape index (κ3) is 5.24. The van der Waals surface area contributed by atoms with Crippen molar-refractivity contribution < 1.29 is 30.8 Å². The van der Waals surface area contributed by atoms with E-state index in [1.807, 2.05) is 13.8 Å². The van der Waals surface area contributed by atoms with Crippen LogP contribution in [-0.4, -0.2) is 16.1 Å². The van der Waals surface area contributed by atoms with Crippen molar-refractivity contribution in [2.45, 2.75) is 57.5 Å². The maximum Gasteiger partial charge on any atom is 0.416 e. The zero-order chi connectivity index (χ0) is 17.9. The predicted molar refractivity (Wildman–Crippen MR) is 79.1 cm³/mol. The fourth-order valence-electron chi connectivity index (χ4n) is 2.53. The molecule has 0 saturated heterocycles. The van der Waals surface area contributed by atoms with Crippen LogP contribution in [0.5, 0.6) is 0 Å². The molecule has 0 spiro atoms. The maximum atomic E-state index is 12.8. The van der Waals surface area contributed by atoms with Crippen LogP contribution in [0.1, 0.15) is 49.8 Å². The molecule has 0 N–H and O–H groups in total. The van der Waals surface area contributed by atoms with Crippen molar-refractivity contribution in [3.05, 3.63) is 34.9 Å². The van der Waals surface area contributed by atoms with Gasteiger partial charge in [-0.1, -0.05) is 13.8 Å². The number of halogens is 6. The summed E-state index contributed by atoms with van der Waals surface area (Å²) in [4.78, 5) is 0. The smallest absolute Gasteiger partial charge is 0.416 e. The Kier molecular flexibility index (Phi) is 6.31. The molecule has 0 saturated carbocycles. The summed E-state index contributed by atoms with van der Waals surface area (Å²) in [7, 11) is 0.464. The Morgan fingerprint density at radius 1 is 0.870 bits per heavy atom. The van der Waals surface area contributed by atoms with E-state index in [-0.39, 0.29) is 18.1 Å². The van der Waals surface area contributed by atoms with Gasteiger partial charge in [0, 0.05) is 0 Å². The van der Waals surface area contributed by atoms with E-state index in [0.717, 1.165) is 12.1 Å². The van der Waals surface area contributed by atoms with E-state index in [1.165, 1.54) is 0 Å². The highest BCUT2D eigenvalue weighted by molar-refractivity contribution is 5.98. The molecular weight excluding hydrogens is 338 g/mol. The molecule has 0 bridgehead atoms. The highest BCUT2D eigenvalue weighted by atomic mass is 28.2. The van der Waals surface area contributed by atoms with Crippen LogP contribution in [0.3, 0.4) is 0 Å². The maximum absolute atomic E-state index is 12.8. The second-order valence-corrected chi connectivity index (χ2v) is 5.92. The molecule has 0 radical (unpaired) electrons. The Bertz CT molecular complexity index is 479. The van der Waals surface area contributed by atoms with Crippen LogP contribution < -0.4 is 0 Å². The topological polar surface area (TPSA) is 9.23 Å². The zero-order valence-corrected chi connectivity index (χ0v) is 15.2. The highest BCUT2D eigenvalue weighted by Gasteiger charge is 2.37. The van der Waals surface area contributed by atoms with Gasteiger partial charge >= 0.3 is 12.4 Å². The van der Waals surface area contributed by atoms with Gasteiger partial charge in [-0.2, -0.15) is 26.3 Å². The Balaban J connectivity index is 3.16. The molecule has 0 atom stereocenters. The number of alkyl halides is 6. The van der Waals surface area contributed by atoms with Gasteiger partial charge < -0.3 is 4.43 Å². The van der Waals surface area contributed by atoms with E-state index in [2.05, 4.69) is 0 Å². The summed E-state index contributed by atoms with van der Waals surface area (Å²) in [6.45, 7) is 3.80. The van der Waals surface area contributed by atoms with Crippen LogP contribution in [0.15, 0.2) is 18.2 Å². The number of aryl methyl sites for hydroxylation is 1. The SMILES string of the molecule is CCC(CC)(CCc1cc(C(F)(F)F)cc(C(F)(F)F)c1)O[SiH3]. The van der Waals surface area contributed by atoms with Crippen molar-refractivity contribution in [1.29, 1.82) is 0 Å². The lowest BCUT2D eigenvalue weighted by Crippen LogP contribution is -2.31. The van der Waals surface area contributed by atoms with Crippen LogP contribution in [0.25, 0.3) is 0 Å². The van der Waals surface area contributed by atoms with Gasteiger partial charge in [-0.15, -0.1) is 0 Å². The number of benzene rings is 1. The van der Waals surface area contributed by atoms with Crippen molar-refractivity contribution in [3.8, 4) is 0 Å². The molecule has 0 aromatic heterocycles. The van der Waals surface area contributed by atoms with Crippen LogP contribution in [0.2, 0.25) is 0 Å². The summed E-state index contributed by atoms with van der Waals surface area (Å²) < 4.78 is 82.5. The molecule has 1 aromatic rings. The van der Waals surface area contributed by atoms with Gasteiger partial charge in [0.25, 0.3) is 0 Å². The van der Waals surface area contributed by atoms with Crippen molar-refractivity contribution in [2.75, 3.05) is 0 Å².